The van der Waals surface area contributed by atoms with Crippen molar-refractivity contribution in [2.75, 3.05) is 12.4 Å². The molecule has 18 heavy (non-hydrogen) atoms. The first-order valence-corrected chi connectivity index (χ1v) is 6.63. The summed E-state index contributed by atoms with van der Waals surface area (Å²) < 4.78 is 1.97. The third-order valence-corrected chi connectivity index (χ3v) is 3.46. The summed E-state index contributed by atoms with van der Waals surface area (Å²) >= 11 is 1.54. The standard InChI is InChI=1S/C12H17N5S/c1-8(2)11-15-9(13-3)7-10(16-11)18-12-14-5-6-17(12)4/h5-8H,1-4H3,(H,13,15,16). The van der Waals surface area contributed by atoms with E-state index < -0.39 is 0 Å². The van der Waals surface area contributed by atoms with Crippen LogP contribution in [-0.4, -0.2) is 26.6 Å². The van der Waals surface area contributed by atoms with Crippen LogP contribution >= 0.6 is 11.8 Å². The van der Waals surface area contributed by atoms with E-state index in [0.29, 0.717) is 5.92 Å². The zero-order valence-corrected chi connectivity index (χ0v) is 11.8. The number of rotatable bonds is 4. The lowest BCUT2D eigenvalue weighted by Gasteiger charge is -2.09. The Bertz CT molecular complexity index is 535. The molecule has 0 aliphatic carbocycles. The van der Waals surface area contributed by atoms with Crippen LogP contribution in [0.25, 0.3) is 0 Å². The van der Waals surface area contributed by atoms with Crippen molar-refractivity contribution in [2.45, 2.75) is 29.9 Å². The Kier molecular flexibility index (Phi) is 3.86. The molecule has 5 nitrogen and oxygen atoms in total. The number of hydrogen-bond acceptors (Lipinski definition) is 5. The van der Waals surface area contributed by atoms with Crippen molar-refractivity contribution in [3.63, 3.8) is 0 Å². The molecule has 2 aromatic rings. The number of hydrogen-bond donors (Lipinski definition) is 1. The summed E-state index contributed by atoms with van der Waals surface area (Å²) in [4.78, 5) is 13.3. The number of aromatic nitrogens is 4. The van der Waals surface area contributed by atoms with Gasteiger partial charge in [-0.1, -0.05) is 13.8 Å². The molecule has 0 bridgehead atoms. The first-order chi connectivity index (χ1) is 8.60. The highest BCUT2D eigenvalue weighted by Crippen LogP contribution is 2.26. The average Bonchev–Trinajstić information content (AvgIpc) is 2.74. The molecule has 0 fully saturated rings. The highest BCUT2D eigenvalue weighted by atomic mass is 32.2. The van der Waals surface area contributed by atoms with Gasteiger partial charge >= 0.3 is 0 Å². The molecule has 0 aliphatic heterocycles. The van der Waals surface area contributed by atoms with Gasteiger partial charge in [-0.2, -0.15) is 0 Å². The molecule has 0 saturated heterocycles. The van der Waals surface area contributed by atoms with Gasteiger partial charge in [0.25, 0.3) is 0 Å². The predicted molar refractivity (Wildman–Crippen MR) is 73.0 cm³/mol. The van der Waals surface area contributed by atoms with E-state index in [1.54, 1.807) is 18.0 Å². The first kappa shape index (κ1) is 12.9. The molecule has 0 unspecified atom stereocenters. The van der Waals surface area contributed by atoms with E-state index in [4.69, 9.17) is 0 Å². The molecular formula is C12H17N5S. The minimum atomic E-state index is 0.305. The van der Waals surface area contributed by atoms with Crippen molar-refractivity contribution < 1.29 is 0 Å². The second kappa shape index (κ2) is 5.39. The second-order valence-corrected chi connectivity index (χ2v) is 5.26. The summed E-state index contributed by atoms with van der Waals surface area (Å²) in [5.41, 5.74) is 0. The van der Waals surface area contributed by atoms with Gasteiger partial charge in [-0.25, -0.2) is 15.0 Å². The minimum Gasteiger partial charge on any atom is -0.373 e. The summed E-state index contributed by atoms with van der Waals surface area (Å²) in [5.74, 6) is 1.99. The predicted octanol–water partition coefficient (Wildman–Crippen LogP) is 2.53. The van der Waals surface area contributed by atoms with E-state index in [1.807, 2.05) is 30.9 Å². The molecule has 96 valence electrons. The van der Waals surface area contributed by atoms with Gasteiger partial charge in [0, 0.05) is 38.5 Å². The molecule has 1 N–H and O–H groups in total. The monoisotopic (exact) mass is 263 g/mol. The molecular weight excluding hydrogens is 246 g/mol. The Morgan fingerprint density at radius 2 is 2.11 bits per heavy atom. The second-order valence-electron chi connectivity index (χ2n) is 4.28. The highest BCUT2D eigenvalue weighted by molar-refractivity contribution is 7.99. The van der Waals surface area contributed by atoms with Gasteiger partial charge in [-0.3, -0.25) is 0 Å². The lowest BCUT2D eigenvalue weighted by atomic mass is 10.2. The Labute approximate surface area is 111 Å². The van der Waals surface area contributed by atoms with Crippen molar-refractivity contribution >= 4 is 17.6 Å². The van der Waals surface area contributed by atoms with Gasteiger partial charge in [0.15, 0.2) is 5.16 Å². The lowest BCUT2D eigenvalue weighted by Crippen LogP contribution is -2.03. The zero-order chi connectivity index (χ0) is 13.1. The van der Waals surface area contributed by atoms with Gasteiger partial charge in [-0.05, 0) is 11.8 Å². The van der Waals surface area contributed by atoms with Crippen molar-refractivity contribution in [3.8, 4) is 0 Å². The molecule has 2 heterocycles. The van der Waals surface area contributed by atoms with Crippen molar-refractivity contribution in [2.24, 2.45) is 7.05 Å². The normalized spacial score (nSPS) is 10.9. The third-order valence-electron chi connectivity index (χ3n) is 2.47. The fourth-order valence-corrected chi connectivity index (χ4v) is 2.24. The fourth-order valence-electron chi connectivity index (χ4n) is 1.43. The zero-order valence-electron chi connectivity index (χ0n) is 11.0. The summed E-state index contributed by atoms with van der Waals surface area (Å²) in [6.45, 7) is 4.17. The molecule has 6 heteroatoms. The largest absolute Gasteiger partial charge is 0.373 e. The Hall–Kier alpha value is -1.56. The summed E-state index contributed by atoms with van der Waals surface area (Å²) in [5, 5.41) is 4.90. The topological polar surface area (TPSA) is 55.6 Å². The molecule has 2 aromatic heterocycles. The number of imidazole rings is 1. The minimum absolute atomic E-state index is 0.305. The Balaban J connectivity index is 2.32. The summed E-state index contributed by atoms with van der Waals surface area (Å²) in [7, 11) is 3.83. The molecule has 2 rings (SSSR count). The number of aryl methyl sites for hydroxylation is 1. The number of nitrogens with zero attached hydrogens (tertiary/aromatic N) is 4. The lowest BCUT2D eigenvalue weighted by molar-refractivity contribution is 0.751. The van der Waals surface area contributed by atoms with Crippen LogP contribution in [0, 0.1) is 0 Å². The van der Waals surface area contributed by atoms with Crippen LogP contribution in [0.4, 0.5) is 5.82 Å². The number of nitrogens with one attached hydrogen (secondary N) is 1. The van der Waals surface area contributed by atoms with Crippen LogP contribution in [0.15, 0.2) is 28.6 Å². The highest BCUT2D eigenvalue weighted by Gasteiger charge is 2.10. The van der Waals surface area contributed by atoms with E-state index in [9.17, 15) is 0 Å². The maximum Gasteiger partial charge on any atom is 0.174 e. The van der Waals surface area contributed by atoms with Crippen LogP contribution in [0.2, 0.25) is 0 Å². The fraction of sp³-hybridized carbons (Fsp3) is 0.417. The van der Waals surface area contributed by atoms with Crippen molar-refractivity contribution in [3.05, 3.63) is 24.3 Å². The smallest absolute Gasteiger partial charge is 0.174 e. The maximum absolute atomic E-state index is 4.56. The van der Waals surface area contributed by atoms with Gasteiger partial charge in [0.05, 0.1) is 0 Å². The van der Waals surface area contributed by atoms with E-state index in [-0.39, 0.29) is 0 Å². The van der Waals surface area contributed by atoms with Gasteiger partial charge in [-0.15, -0.1) is 0 Å². The van der Waals surface area contributed by atoms with E-state index in [0.717, 1.165) is 21.8 Å². The third kappa shape index (κ3) is 2.81. The molecule has 0 amide bonds. The van der Waals surface area contributed by atoms with Gasteiger partial charge < -0.3 is 9.88 Å². The Morgan fingerprint density at radius 1 is 1.33 bits per heavy atom. The van der Waals surface area contributed by atoms with Crippen LogP contribution in [0.1, 0.15) is 25.6 Å². The van der Waals surface area contributed by atoms with E-state index >= 15 is 0 Å². The first-order valence-electron chi connectivity index (χ1n) is 5.82. The summed E-state index contributed by atoms with van der Waals surface area (Å²) in [6, 6.07) is 1.94. The maximum atomic E-state index is 4.56. The number of anilines is 1. The van der Waals surface area contributed by atoms with Crippen LogP contribution in [-0.2, 0) is 7.05 Å². The van der Waals surface area contributed by atoms with Crippen LogP contribution in [0.5, 0.6) is 0 Å². The van der Waals surface area contributed by atoms with Crippen molar-refractivity contribution in [1.29, 1.82) is 0 Å². The van der Waals surface area contributed by atoms with E-state index in [2.05, 4.69) is 34.1 Å². The quantitative estimate of drug-likeness (QED) is 0.859. The van der Waals surface area contributed by atoms with Crippen LogP contribution < -0.4 is 5.32 Å². The molecule has 0 atom stereocenters. The molecule has 0 saturated carbocycles. The van der Waals surface area contributed by atoms with Crippen molar-refractivity contribution in [1.82, 2.24) is 19.5 Å². The van der Waals surface area contributed by atoms with Gasteiger partial charge in [0.1, 0.15) is 16.7 Å². The SMILES string of the molecule is CNc1cc(Sc2nccn2C)nc(C(C)C)n1. The average molecular weight is 263 g/mol. The molecule has 0 aromatic carbocycles. The molecule has 0 aliphatic rings. The molecule has 0 spiro atoms. The molecule has 0 radical (unpaired) electrons. The van der Waals surface area contributed by atoms with Crippen LogP contribution in [0.3, 0.4) is 0 Å². The van der Waals surface area contributed by atoms with E-state index in [1.165, 1.54) is 0 Å². The summed E-state index contributed by atoms with van der Waals surface area (Å²) in [6.07, 6.45) is 3.71. The Morgan fingerprint density at radius 3 is 2.67 bits per heavy atom. The van der Waals surface area contributed by atoms with Gasteiger partial charge in [0.2, 0.25) is 0 Å².